The van der Waals surface area contributed by atoms with Crippen molar-refractivity contribution >= 4 is 19.8 Å². The Morgan fingerprint density at radius 3 is 2.16 bits per heavy atom. The number of carbonyl (C=O) groups is 2. The topological polar surface area (TPSA) is 278 Å². The highest BCUT2D eigenvalue weighted by Gasteiger charge is 2.45. The summed E-state index contributed by atoms with van der Waals surface area (Å²) in [5.74, 6) is -1.87. The Bertz CT molecular complexity index is 2190. The smallest absolute Gasteiger partial charge is 0.461 e. The lowest BCUT2D eigenvalue weighted by molar-refractivity contribution is -0.671. The van der Waals surface area contributed by atoms with Crippen LogP contribution in [0.3, 0.4) is 0 Å². The van der Waals surface area contributed by atoms with Crippen molar-refractivity contribution in [2.24, 2.45) is 7.05 Å². The molecule has 298 valence electrons. The van der Waals surface area contributed by atoms with Gasteiger partial charge in [-0.05, 0) is 13.8 Å². The number of hydrogen-bond donors (Lipinski definition) is 3. The number of hydrogen-bond acceptors (Lipinski definition) is 16. The van der Waals surface area contributed by atoms with Crippen molar-refractivity contribution in [1.29, 1.82) is 5.26 Å². The molecule has 5 rings (SSSR count). The number of ether oxygens (including phenoxy) is 4. The summed E-state index contributed by atoms with van der Waals surface area (Å²) in [6.45, 7) is 1.52. The summed E-state index contributed by atoms with van der Waals surface area (Å²) in [6.07, 6.45) is -0.521. The molecule has 55 heavy (non-hydrogen) atoms. The molecule has 2 aliphatic heterocycles. The summed E-state index contributed by atoms with van der Waals surface area (Å²) in [4.78, 5) is 78.8. The van der Waals surface area contributed by atoms with Gasteiger partial charge in [0.1, 0.15) is 68.8 Å². The quantitative estimate of drug-likeness (QED) is 0.0480. The van der Waals surface area contributed by atoms with Gasteiger partial charge in [0.15, 0.2) is 0 Å². The van der Waals surface area contributed by atoms with Crippen LogP contribution in [0.1, 0.15) is 49.3 Å². The first-order valence-corrected chi connectivity index (χ1v) is 18.5. The average Bonchev–Trinajstić information content (AvgIpc) is 3.85. The maximum absolute atomic E-state index is 14.1. The van der Waals surface area contributed by atoms with Crippen LogP contribution in [0.5, 0.6) is 0 Å². The normalized spacial score (nSPS) is 23.3. The summed E-state index contributed by atoms with van der Waals surface area (Å²) >= 11 is 0. The van der Waals surface area contributed by atoms with E-state index in [1.54, 1.807) is 27.9 Å². The molecule has 3 aromatic heterocycles. The van der Waals surface area contributed by atoms with Gasteiger partial charge in [0.2, 0.25) is 6.33 Å². The Hall–Kier alpha value is -5.01. The summed E-state index contributed by atoms with van der Waals surface area (Å²) in [5, 5.41) is 19.1. The molecule has 23 heteroatoms. The second kappa shape index (κ2) is 18.1. The number of rotatable bonds is 17. The lowest BCUT2D eigenvalue weighted by Crippen LogP contribution is -2.33. The lowest BCUT2D eigenvalue weighted by Gasteiger charge is -2.25. The zero-order chi connectivity index (χ0) is 39.9. The van der Waals surface area contributed by atoms with E-state index in [4.69, 9.17) is 37.8 Å². The van der Waals surface area contributed by atoms with E-state index in [0.29, 0.717) is 6.54 Å². The molecule has 2 fully saturated rings. The number of esters is 2. The minimum absolute atomic E-state index is 0.0212. The molecule has 3 aromatic rings. The SMILES string of the molecule is Cc1cn([C@H]2C[C@H](OC(=O)CC(=O)OCCn3cc[n+](C)c3)[C@@H](COP(=O)(OCCC#N)O[C@H]3C[C@H](n4cc(C)c(=O)[nH]c4=O)O[C@@H]3CO)O2)c(=O)[nH]c1=O. The van der Waals surface area contributed by atoms with Gasteiger partial charge in [-0.2, -0.15) is 5.26 Å². The predicted molar refractivity (Wildman–Crippen MR) is 182 cm³/mol. The fraction of sp³-hybridized carbons (Fsp3) is 0.562. The van der Waals surface area contributed by atoms with Crippen LogP contribution >= 0.6 is 7.82 Å². The Morgan fingerprint density at radius 2 is 1.58 bits per heavy atom. The molecular formula is C32H41N7O15P+. The van der Waals surface area contributed by atoms with Crippen molar-refractivity contribution in [2.75, 3.05) is 26.4 Å². The summed E-state index contributed by atoms with van der Waals surface area (Å²) in [7, 11) is -2.86. The first-order valence-electron chi connectivity index (χ1n) is 17.0. The fourth-order valence-corrected chi connectivity index (χ4v) is 7.20. The predicted octanol–water partition coefficient (Wildman–Crippen LogP) is -1.12. The largest absolute Gasteiger partial charge is 0.475 e. The second-order valence-electron chi connectivity index (χ2n) is 12.7. The van der Waals surface area contributed by atoms with E-state index in [9.17, 15) is 38.4 Å². The fourth-order valence-electron chi connectivity index (χ4n) is 5.80. The molecule has 2 saturated heterocycles. The molecule has 2 aliphatic rings. The van der Waals surface area contributed by atoms with Crippen molar-refractivity contribution in [3.05, 3.63) is 83.9 Å². The van der Waals surface area contributed by atoms with E-state index >= 15 is 0 Å². The van der Waals surface area contributed by atoms with Gasteiger partial charge in [-0.3, -0.25) is 51.9 Å². The van der Waals surface area contributed by atoms with Gasteiger partial charge in [-0.25, -0.2) is 23.3 Å². The molecule has 0 aliphatic carbocycles. The molecule has 0 saturated carbocycles. The van der Waals surface area contributed by atoms with Gasteiger partial charge < -0.3 is 24.1 Å². The van der Waals surface area contributed by atoms with Crippen molar-refractivity contribution in [3.8, 4) is 6.07 Å². The molecule has 5 heterocycles. The van der Waals surface area contributed by atoms with Gasteiger partial charge in [0, 0.05) is 36.4 Å². The number of aromatic nitrogens is 6. The Kier molecular flexibility index (Phi) is 13.5. The van der Waals surface area contributed by atoms with Crippen molar-refractivity contribution in [3.63, 3.8) is 0 Å². The minimum Gasteiger partial charge on any atom is -0.461 e. The second-order valence-corrected chi connectivity index (χ2v) is 14.4. The number of aliphatic hydroxyl groups is 1. The average molecular weight is 795 g/mol. The number of aliphatic hydroxyl groups excluding tert-OH is 1. The molecule has 0 amide bonds. The van der Waals surface area contributed by atoms with Gasteiger partial charge in [-0.1, -0.05) is 0 Å². The zero-order valence-electron chi connectivity index (χ0n) is 30.1. The Morgan fingerprint density at radius 1 is 0.964 bits per heavy atom. The third kappa shape index (κ3) is 10.6. The van der Waals surface area contributed by atoms with Crippen LogP contribution in [-0.2, 0) is 60.3 Å². The maximum atomic E-state index is 14.1. The molecule has 0 aromatic carbocycles. The Balaban J connectivity index is 1.30. The number of phosphoric acid groups is 1. The van der Waals surface area contributed by atoms with Crippen LogP contribution < -0.4 is 27.1 Å². The van der Waals surface area contributed by atoms with E-state index in [2.05, 4.69) is 9.97 Å². The van der Waals surface area contributed by atoms with E-state index in [-0.39, 0.29) is 37.0 Å². The molecule has 22 nitrogen and oxygen atoms in total. The number of nitrogens with zero attached hydrogens (tertiary/aromatic N) is 5. The van der Waals surface area contributed by atoms with E-state index in [1.807, 2.05) is 13.1 Å². The van der Waals surface area contributed by atoms with Crippen molar-refractivity contribution in [2.45, 2.75) is 82.9 Å². The standard InChI is InChI=1S/C32H40N7O15P/c1-19-14-38(31(45)34-29(19)43)25-11-21(53-28(42)13-27(41)48-10-8-37-7-6-36(3)18-37)24(52-25)17-50-55(47,49-9-4-5-33)54-22-12-26(51-23(22)16-40)39-15-20(2)30(44)35-32(39)46/h6-7,14-15,18,21-26,40H,4,8-13,16-17H2,1-3H3,(H-,34,35,43,44,45,46)/p+1/t21-,22-,23+,24+,25+,26+,55?/m0/s1. The van der Waals surface area contributed by atoms with Crippen LogP contribution in [0, 0.1) is 25.2 Å². The molecule has 3 N–H and O–H groups in total. The number of phosphoric ester groups is 1. The number of aromatic amines is 2. The van der Waals surface area contributed by atoms with Crippen molar-refractivity contribution < 1.29 is 56.3 Å². The number of nitrogens with one attached hydrogen (secondary N) is 2. The van der Waals surface area contributed by atoms with Crippen LogP contribution in [0.2, 0.25) is 0 Å². The zero-order valence-corrected chi connectivity index (χ0v) is 31.0. The molecule has 0 radical (unpaired) electrons. The number of nitriles is 1. The molecular weight excluding hydrogens is 753 g/mol. The van der Waals surface area contributed by atoms with E-state index in [0.717, 1.165) is 9.13 Å². The number of H-pyrrole nitrogens is 2. The first-order chi connectivity index (χ1) is 26.2. The van der Waals surface area contributed by atoms with E-state index < -0.39 is 105 Å². The van der Waals surface area contributed by atoms with Crippen LogP contribution in [0.4, 0.5) is 0 Å². The summed E-state index contributed by atoms with van der Waals surface area (Å²) in [6, 6.07) is 1.83. The van der Waals surface area contributed by atoms with Crippen molar-refractivity contribution in [1.82, 2.24) is 23.7 Å². The molecule has 1 unspecified atom stereocenters. The Labute approximate surface area is 311 Å². The van der Waals surface area contributed by atoms with Crippen LogP contribution in [0.15, 0.2) is 50.3 Å². The number of imidazole rings is 1. The van der Waals surface area contributed by atoms with Crippen LogP contribution in [0.25, 0.3) is 0 Å². The van der Waals surface area contributed by atoms with E-state index in [1.165, 1.54) is 26.2 Å². The van der Waals surface area contributed by atoms with Gasteiger partial charge in [-0.15, -0.1) is 0 Å². The molecule has 0 spiro atoms. The first kappa shape index (κ1) is 41.2. The third-order valence-corrected chi connectivity index (χ3v) is 10.1. The molecule has 0 bridgehead atoms. The number of aryl methyl sites for hydroxylation is 3. The highest BCUT2D eigenvalue weighted by molar-refractivity contribution is 7.48. The lowest BCUT2D eigenvalue weighted by atomic mass is 10.2. The minimum atomic E-state index is -4.69. The highest BCUT2D eigenvalue weighted by atomic mass is 31.2. The monoisotopic (exact) mass is 794 g/mol. The van der Waals surface area contributed by atoms with Gasteiger partial charge >= 0.3 is 31.1 Å². The van der Waals surface area contributed by atoms with Gasteiger partial charge in [0.05, 0.1) is 39.4 Å². The highest BCUT2D eigenvalue weighted by Crippen LogP contribution is 2.53. The van der Waals surface area contributed by atoms with Crippen LogP contribution in [-0.4, -0.2) is 91.6 Å². The third-order valence-electron chi connectivity index (χ3n) is 8.59. The maximum Gasteiger partial charge on any atom is 0.475 e. The summed E-state index contributed by atoms with van der Waals surface area (Å²) < 4.78 is 59.1. The number of carbonyl (C=O) groups excluding carboxylic acids is 2. The van der Waals surface area contributed by atoms with Gasteiger partial charge in [0.25, 0.3) is 11.1 Å². The molecule has 7 atom stereocenters. The summed E-state index contributed by atoms with van der Waals surface area (Å²) in [5.41, 5.74) is -2.49.